The van der Waals surface area contributed by atoms with Crippen LogP contribution in [-0.4, -0.2) is 85.4 Å². The molecule has 1 saturated heterocycles. The minimum atomic E-state index is -2.61. The van der Waals surface area contributed by atoms with E-state index in [1.54, 1.807) is 14.0 Å². The average Bonchev–Trinajstić information content (AvgIpc) is 3.38. The first-order valence-corrected chi connectivity index (χ1v) is 18.4. The van der Waals surface area contributed by atoms with Crippen LogP contribution >= 0.6 is 11.3 Å². The number of hydrogen-bond acceptors (Lipinski definition) is 10. The van der Waals surface area contributed by atoms with Crippen molar-refractivity contribution in [2.75, 3.05) is 20.3 Å². The third-order valence-electron chi connectivity index (χ3n) is 9.25. The summed E-state index contributed by atoms with van der Waals surface area (Å²) in [5.41, 5.74) is 0.818. The van der Waals surface area contributed by atoms with Crippen molar-refractivity contribution < 1.29 is 37.4 Å². The molecule has 6 atom stereocenters. The Balaban J connectivity index is 1.32. The molecule has 6 unspecified atom stereocenters. The maximum absolute atomic E-state index is 14.0. The number of carbonyl (C=O) groups is 3. The summed E-state index contributed by atoms with van der Waals surface area (Å²) in [6, 6.07) is 6.34. The second-order valence-corrected chi connectivity index (χ2v) is 14.6. The lowest BCUT2D eigenvalue weighted by Gasteiger charge is -2.28. The molecule has 49 heavy (non-hydrogen) atoms. The first kappa shape index (κ1) is 34.9. The standard InChI is InChI=1S/C34H41N5O8S2/c1-19(2)27-18-48-31(36-27)26-15-29(24-11-10-22(45-4)13-25(24)35-26)47-23-14-28-30(40)37-34(33(42)38-49(43)44)16-21(34)9-7-5-6-8-12-46-20(3)32(41)39(28)17-23/h7,9-11,13,15,18-21,23,28H,5-6,8,12,14,16-17H2,1-4H3,(H,37,40)(H,38,42)(H,43,44). The Hall–Kier alpha value is -3.92. The summed E-state index contributed by atoms with van der Waals surface area (Å²) in [5, 5.41) is 6.32. The Bertz CT molecular complexity index is 1800. The number of carbonyl (C=O) groups excluding carboxylic acids is 3. The van der Waals surface area contributed by atoms with Gasteiger partial charge in [-0.2, -0.15) is 0 Å². The second-order valence-electron chi connectivity index (χ2n) is 13.0. The van der Waals surface area contributed by atoms with Gasteiger partial charge >= 0.3 is 0 Å². The lowest BCUT2D eigenvalue weighted by atomic mass is 10.1. The number of pyridine rings is 1. The third kappa shape index (κ3) is 7.49. The quantitative estimate of drug-likeness (QED) is 0.240. The highest BCUT2D eigenvalue weighted by atomic mass is 32.2. The number of thiazole rings is 1. The van der Waals surface area contributed by atoms with E-state index in [4.69, 9.17) is 24.2 Å². The van der Waals surface area contributed by atoms with E-state index in [2.05, 4.69) is 19.2 Å². The van der Waals surface area contributed by atoms with Crippen LogP contribution in [0.1, 0.15) is 64.5 Å². The highest BCUT2D eigenvalue weighted by Crippen LogP contribution is 2.46. The van der Waals surface area contributed by atoms with Gasteiger partial charge in [-0.25, -0.2) is 18.9 Å². The molecular weight excluding hydrogens is 671 g/mol. The van der Waals surface area contributed by atoms with E-state index in [9.17, 15) is 23.1 Å². The number of benzene rings is 1. The van der Waals surface area contributed by atoms with Gasteiger partial charge in [0.05, 0.1) is 24.9 Å². The van der Waals surface area contributed by atoms with Crippen LogP contribution in [0.4, 0.5) is 0 Å². The Morgan fingerprint density at radius 2 is 2.06 bits per heavy atom. The van der Waals surface area contributed by atoms with Gasteiger partial charge in [0.2, 0.25) is 5.91 Å². The summed E-state index contributed by atoms with van der Waals surface area (Å²) in [5.74, 6) is -0.639. The number of ether oxygens (including phenoxy) is 3. The SMILES string of the molecule is COc1ccc2c(OC3CC4C(=O)NC5(C(=O)NS(=O)O)CC5C=CCCCCOC(C)C(=O)N4C3)cc(-c3nc(C(C)C)cs3)nc2c1. The van der Waals surface area contributed by atoms with Crippen molar-refractivity contribution in [2.45, 2.75) is 82.6 Å². The van der Waals surface area contributed by atoms with E-state index in [-0.39, 0.29) is 37.1 Å². The van der Waals surface area contributed by atoms with Gasteiger partial charge in [-0.1, -0.05) is 26.0 Å². The molecule has 1 aromatic carbocycles. The van der Waals surface area contributed by atoms with Gasteiger partial charge in [0.15, 0.2) is 0 Å². The van der Waals surface area contributed by atoms with Crippen LogP contribution in [-0.2, 0) is 30.4 Å². The summed E-state index contributed by atoms with van der Waals surface area (Å²) < 4.78 is 40.9. The van der Waals surface area contributed by atoms with Crippen LogP contribution in [0.2, 0.25) is 0 Å². The van der Waals surface area contributed by atoms with Crippen molar-refractivity contribution >= 4 is 51.2 Å². The van der Waals surface area contributed by atoms with Crippen LogP contribution in [0.3, 0.4) is 0 Å². The van der Waals surface area contributed by atoms with Crippen molar-refractivity contribution in [2.24, 2.45) is 5.92 Å². The summed E-state index contributed by atoms with van der Waals surface area (Å²) in [6.07, 6.45) is 5.08. The number of allylic oxidation sites excluding steroid dienone is 1. The monoisotopic (exact) mass is 711 g/mol. The van der Waals surface area contributed by atoms with Gasteiger partial charge in [0.1, 0.15) is 46.0 Å². The first-order valence-electron chi connectivity index (χ1n) is 16.4. The van der Waals surface area contributed by atoms with Crippen molar-refractivity contribution in [3.05, 3.63) is 47.5 Å². The van der Waals surface area contributed by atoms with Crippen molar-refractivity contribution in [1.29, 1.82) is 0 Å². The summed E-state index contributed by atoms with van der Waals surface area (Å²) in [6.45, 7) is 6.30. The molecule has 0 bridgehead atoms. The van der Waals surface area contributed by atoms with Crippen LogP contribution in [0.5, 0.6) is 11.5 Å². The molecular formula is C34H41N5O8S2. The van der Waals surface area contributed by atoms with E-state index in [0.29, 0.717) is 29.3 Å². The number of fused-ring (bicyclic) bond motifs is 3. The number of nitrogens with one attached hydrogen (secondary N) is 2. The Labute approximate surface area is 291 Å². The summed E-state index contributed by atoms with van der Waals surface area (Å²) in [7, 11) is 1.58. The molecule has 2 aliphatic heterocycles. The van der Waals surface area contributed by atoms with Gasteiger partial charge in [-0.05, 0) is 50.7 Å². The van der Waals surface area contributed by atoms with Gasteiger partial charge < -0.3 is 24.4 Å². The summed E-state index contributed by atoms with van der Waals surface area (Å²) in [4.78, 5) is 52.1. The Kier molecular flexibility index (Phi) is 10.3. The normalized spacial score (nSPS) is 26.7. The fourth-order valence-corrected chi connectivity index (χ4v) is 7.66. The lowest BCUT2D eigenvalue weighted by molar-refractivity contribution is -0.147. The number of methoxy groups -OCH3 is 1. The van der Waals surface area contributed by atoms with Crippen LogP contribution in [0.25, 0.3) is 21.6 Å². The molecule has 3 aliphatic rings. The van der Waals surface area contributed by atoms with Crippen LogP contribution in [0.15, 0.2) is 41.8 Å². The van der Waals surface area contributed by atoms with Crippen molar-refractivity contribution in [1.82, 2.24) is 24.9 Å². The molecule has 0 spiro atoms. The predicted molar refractivity (Wildman–Crippen MR) is 184 cm³/mol. The first-order chi connectivity index (χ1) is 23.5. The zero-order chi connectivity index (χ0) is 34.9. The zero-order valence-corrected chi connectivity index (χ0v) is 29.5. The predicted octanol–water partition coefficient (Wildman–Crippen LogP) is 4.11. The number of rotatable bonds is 7. The fourth-order valence-electron chi connectivity index (χ4n) is 6.38. The third-order valence-corrected chi connectivity index (χ3v) is 10.5. The number of aromatic nitrogens is 2. The van der Waals surface area contributed by atoms with E-state index in [0.717, 1.165) is 35.4 Å². The molecule has 4 heterocycles. The minimum Gasteiger partial charge on any atom is -0.497 e. The molecule has 2 fully saturated rings. The molecule has 15 heteroatoms. The molecule has 262 valence electrons. The maximum Gasteiger partial charge on any atom is 0.261 e. The largest absolute Gasteiger partial charge is 0.497 e. The number of amides is 3. The molecule has 3 aromatic rings. The lowest BCUT2D eigenvalue weighted by Crippen LogP contribution is -2.56. The smallest absolute Gasteiger partial charge is 0.261 e. The molecule has 2 aromatic heterocycles. The molecule has 1 aliphatic carbocycles. The van der Waals surface area contributed by atoms with Gasteiger partial charge in [-0.3, -0.25) is 18.9 Å². The van der Waals surface area contributed by atoms with E-state index in [1.807, 2.05) is 46.5 Å². The van der Waals surface area contributed by atoms with Gasteiger partial charge in [0, 0.05) is 41.8 Å². The number of hydrogen-bond donors (Lipinski definition) is 3. The fraction of sp³-hybridized carbons (Fsp3) is 0.500. The molecule has 13 nitrogen and oxygen atoms in total. The highest BCUT2D eigenvalue weighted by molar-refractivity contribution is 7.77. The van der Waals surface area contributed by atoms with Gasteiger partial charge in [0.25, 0.3) is 23.1 Å². The Morgan fingerprint density at radius 3 is 2.80 bits per heavy atom. The molecule has 3 amide bonds. The maximum atomic E-state index is 14.0. The van der Waals surface area contributed by atoms with E-state index >= 15 is 0 Å². The van der Waals surface area contributed by atoms with Crippen molar-refractivity contribution in [3.8, 4) is 22.2 Å². The second kappa shape index (κ2) is 14.5. The van der Waals surface area contributed by atoms with E-state index in [1.165, 1.54) is 16.2 Å². The highest BCUT2D eigenvalue weighted by Gasteiger charge is 2.61. The molecule has 3 N–H and O–H groups in total. The van der Waals surface area contributed by atoms with E-state index < -0.39 is 46.9 Å². The molecule has 1 saturated carbocycles. The molecule has 6 rings (SSSR count). The zero-order valence-electron chi connectivity index (χ0n) is 27.8. The topological polar surface area (TPSA) is 169 Å². The van der Waals surface area contributed by atoms with Gasteiger partial charge in [-0.15, -0.1) is 11.3 Å². The Morgan fingerprint density at radius 1 is 1.24 bits per heavy atom. The summed E-state index contributed by atoms with van der Waals surface area (Å²) >= 11 is -1.12. The van der Waals surface area contributed by atoms with Crippen LogP contribution in [0, 0.1) is 5.92 Å². The minimum absolute atomic E-state index is 0.0951. The average molecular weight is 712 g/mol. The van der Waals surface area contributed by atoms with Crippen molar-refractivity contribution in [3.63, 3.8) is 0 Å². The number of nitrogens with zero attached hydrogens (tertiary/aromatic N) is 3. The van der Waals surface area contributed by atoms with Crippen LogP contribution < -0.4 is 19.5 Å². The molecule has 0 radical (unpaired) electrons.